The average molecular weight is 451 g/mol. The molecule has 0 heterocycles. The van der Waals surface area contributed by atoms with Crippen LogP contribution >= 0.6 is 11.8 Å². The molecule has 5 unspecified atom stereocenters. The molecule has 2 saturated carbocycles. The van der Waals surface area contributed by atoms with Crippen LogP contribution in [0.1, 0.15) is 76.3 Å². The molecular weight excluding hydrogens is 412 g/mol. The number of aryl methyl sites for hydroxylation is 1. The van der Waals surface area contributed by atoms with E-state index in [-0.39, 0.29) is 16.1 Å². The number of aliphatic hydroxyl groups is 2. The van der Waals surface area contributed by atoms with Gasteiger partial charge in [-0.05, 0) is 80.0 Å². The Balaban J connectivity index is 1.55. The predicted octanol–water partition coefficient (Wildman–Crippen LogP) is 6.60. The first-order chi connectivity index (χ1) is 15.3. The molecule has 0 aliphatic heterocycles. The summed E-state index contributed by atoms with van der Waals surface area (Å²) in [6.07, 6.45) is 6.12. The Hall–Kier alpha value is -1.29. The van der Waals surface area contributed by atoms with Crippen molar-refractivity contribution >= 4 is 11.8 Å². The minimum Gasteiger partial charge on any atom is -0.390 e. The van der Waals surface area contributed by atoms with Crippen LogP contribution in [0.25, 0.3) is 0 Å². The zero-order valence-corrected chi connectivity index (χ0v) is 20.6. The molecule has 0 radical (unpaired) electrons. The molecule has 5 atom stereocenters. The van der Waals surface area contributed by atoms with Crippen molar-refractivity contribution in [3.05, 3.63) is 65.7 Å². The van der Waals surface area contributed by atoms with E-state index in [2.05, 4.69) is 75.4 Å². The quantitative estimate of drug-likeness (QED) is 0.521. The summed E-state index contributed by atoms with van der Waals surface area (Å²) in [6.45, 7) is 6.72. The molecule has 0 bridgehead atoms. The Morgan fingerprint density at radius 3 is 2.38 bits per heavy atom. The predicted molar refractivity (Wildman–Crippen MR) is 133 cm³/mol. The average Bonchev–Trinajstić information content (AvgIpc) is 3.56. The van der Waals surface area contributed by atoms with Gasteiger partial charge < -0.3 is 10.2 Å². The third-order valence-corrected chi connectivity index (χ3v) is 10.7. The Morgan fingerprint density at radius 2 is 1.69 bits per heavy atom. The second kappa shape index (κ2) is 8.18. The lowest BCUT2D eigenvalue weighted by Gasteiger charge is -2.61. The lowest BCUT2D eigenvalue weighted by atomic mass is 9.47. The van der Waals surface area contributed by atoms with Gasteiger partial charge in [0, 0.05) is 21.0 Å². The summed E-state index contributed by atoms with van der Waals surface area (Å²) in [7, 11) is 0. The van der Waals surface area contributed by atoms with Crippen LogP contribution < -0.4 is 0 Å². The highest BCUT2D eigenvalue weighted by molar-refractivity contribution is 8.01. The molecular formula is C29H38O2S. The highest BCUT2D eigenvalue weighted by Gasteiger charge is 2.67. The third-order valence-electron chi connectivity index (χ3n) is 9.05. The van der Waals surface area contributed by atoms with Crippen molar-refractivity contribution < 1.29 is 10.2 Å². The zero-order valence-electron chi connectivity index (χ0n) is 19.8. The number of hydrogen-bond acceptors (Lipinski definition) is 3. The molecule has 32 heavy (non-hydrogen) atoms. The van der Waals surface area contributed by atoms with Gasteiger partial charge in [0.25, 0.3) is 0 Å². The van der Waals surface area contributed by atoms with Crippen molar-refractivity contribution in [2.45, 2.75) is 93.0 Å². The third kappa shape index (κ3) is 3.56. The number of thioether (sulfide) groups is 1. The standard InChI is InChI=1S/C29H38O2S/c1-20(2)13-16-29(31)26(30)25(28(17-18-28)32-22-10-5-4-6-11-22)19-24-23-12-8-7-9-21(23)14-15-27(24,29)3/h4-12,20,24-26,30-31H,13-19H2,1-3H3. The molecule has 0 aromatic heterocycles. The van der Waals surface area contributed by atoms with Gasteiger partial charge in [-0.15, -0.1) is 11.8 Å². The largest absolute Gasteiger partial charge is 0.390 e. The lowest BCUT2D eigenvalue weighted by molar-refractivity contribution is -0.217. The van der Waals surface area contributed by atoms with Crippen molar-refractivity contribution in [1.29, 1.82) is 0 Å². The van der Waals surface area contributed by atoms with Gasteiger partial charge in [-0.1, -0.05) is 63.2 Å². The van der Waals surface area contributed by atoms with Gasteiger partial charge in [0.05, 0.1) is 11.7 Å². The van der Waals surface area contributed by atoms with Crippen LogP contribution in [0.3, 0.4) is 0 Å². The zero-order chi connectivity index (χ0) is 22.6. The first kappa shape index (κ1) is 22.5. The van der Waals surface area contributed by atoms with Gasteiger partial charge in [-0.25, -0.2) is 0 Å². The molecule has 172 valence electrons. The van der Waals surface area contributed by atoms with E-state index >= 15 is 0 Å². The topological polar surface area (TPSA) is 40.5 Å². The Bertz CT molecular complexity index is 953. The monoisotopic (exact) mass is 450 g/mol. The van der Waals surface area contributed by atoms with Gasteiger partial charge in [-0.2, -0.15) is 0 Å². The summed E-state index contributed by atoms with van der Waals surface area (Å²) in [5.41, 5.74) is 1.52. The van der Waals surface area contributed by atoms with E-state index in [1.54, 1.807) is 0 Å². The number of hydrogen-bond donors (Lipinski definition) is 2. The van der Waals surface area contributed by atoms with Crippen LogP contribution in [0.2, 0.25) is 0 Å². The van der Waals surface area contributed by atoms with Crippen LogP contribution in [-0.2, 0) is 6.42 Å². The molecule has 2 nitrogen and oxygen atoms in total. The van der Waals surface area contributed by atoms with Crippen LogP contribution in [-0.4, -0.2) is 26.7 Å². The van der Waals surface area contributed by atoms with Crippen LogP contribution in [0.4, 0.5) is 0 Å². The first-order valence-electron chi connectivity index (χ1n) is 12.5. The molecule has 0 saturated heterocycles. The van der Waals surface area contributed by atoms with Crippen LogP contribution in [0, 0.1) is 17.3 Å². The fourth-order valence-electron chi connectivity index (χ4n) is 6.81. The van der Waals surface area contributed by atoms with E-state index in [0.717, 1.165) is 38.5 Å². The van der Waals surface area contributed by atoms with Gasteiger partial charge in [0.15, 0.2) is 0 Å². The highest BCUT2D eigenvalue weighted by atomic mass is 32.2. The normalized spacial score (nSPS) is 35.2. The first-order valence-corrected chi connectivity index (χ1v) is 13.3. The maximum absolute atomic E-state index is 12.4. The molecule has 2 aromatic carbocycles. The maximum atomic E-state index is 12.4. The lowest BCUT2D eigenvalue weighted by Crippen LogP contribution is -2.66. The molecule has 2 aromatic rings. The van der Waals surface area contributed by atoms with Gasteiger partial charge in [0.1, 0.15) is 0 Å². The van der Waals surface area contributed by atoms with E-state index in [1.807, 2.05) is 11.8 Å². The van der Waals surface area contributed by atoms with Crippen molar-refractivity contribution in [3.8, 4) is 0 Å². The number of aliphatic hydroxyl groups excluding tert-OH is 1. The number of benzene rings is 2. The Labute approximate surface area is 197 Å². The number of rotatable bonds is 6. The van der Waals surface area contributed by atoms with E-state index < -0.39 is 11.7 Å². The molecule has 3 heteroatoms. The van der Waals surface area contributed by atoms with Gasteiger partial charge in [0.2, 0.25) is 0 Å². The van der Waals surface area contributed by atoms with E-state index in [1.165, 1.54) is 16.0 Å². The highest BCUT2D eigenvalue weighted by Crippen LogP contribution is 2.68. The number of fused-ring (bicyclic) bond motifs is 3. The van der Waals surface area contributed by atoms with E-state index in [9.17, 15) is 10.2 Å². The second-order valence-electron chi connectivity index (χ2n) is 11.3. The Morgan fingerprint density at radius 1 is 1.00 bits per heavy atom. The molecule has 2 fully saturated rings. The van der Waals surface area contributed by atoms with Crippen LogP contribution in [0.5, 0.6) is 0 Å². The summed E-state index contributed by atoms with van der Waals surface area (Å²) >= 11 is 1.94. The van der Waals surface area contributed by atoms with E-state index in [0.29, 0.717) is 18.3 Å². The molecule has 3 aliphatic rings. The fourth-order valence-corrected chi connectivity index (χ4v) is 8.26. The van der Waals surface area contributed by atoms with Crippen molar-refractivity contribution in [1.82, 2.24) is 0 Å². The second-order valence-corrected chi connectivity index (χ2v) is 12.8. The summed E-state index contributed by atoms with van der Waals surface area (Å²) < 4.78 is 0.0420. The van der Waals surface area contributed by atoms with Gasteiger partial charge in [-0.3, -0.25) is 0 Å². The SMILES string of the molecule is CC(C)CCC1(O)C(O)C(C2(Sc3ccccc3)CC2)CC2c3ccccc3CCC21C. The maximum Gasteiger partial charge on any atom is 0.0967 e. The molecule has 2 N–H and O–H groups in total. The van der Waals surface area contributed by atoms with Crippen molar-refractivity contribution in [3.63, 3.8) is 0 Å². The molecule has 0 spiro atoms. The fraction of sp³-hybridized carbons (Fsp3) is 0.586. The molecule has 3 aliphatic carbocycles. The van der Waals surface area contributed by atoms with Crippen molar-refractivity contribution in [2.75, 3.05) is 0 Å². The summed E-state index contributed by atoms with van der Waals surface area (Å²) in [5, 5.41) is 24.4. The Kier molecular flexibility index (Phi) is 5.75. The smallest absolute Gasteiger partial charge is 0.0967 e. The van der Waals surface area contributed by atoms with Crippen LogP contribution in [0.15, 0.2) is 59.5 Å². The molecule has 5 rings (SSSR count). The summed E-state index contributed by atoms with van der Waals surface area (Å²) in [5.74, 6) is 0.916. The summed E-state index contributed by atoms with van der Waals surface area (Å²) in [4.78, 5) is 1.28. The minimum absolute atomic E-state index is 0.0420. The van der Waals surface area contributed by atoms with E-state index in [4.69, 9.17) is 0 Å². The summed E-state index contributed by atoms with van der Waals surface area (Å²) in [6, 6.07) is 19.5. The van der Waals surface area contributed by atoms with Gasteiger partial charge >= 0.3 is 0 Å². The van der Waals surface area contributed by atoms with Crippen molar-refractivity contribution in [2.24, 2.45) is 17.3 Å². The minimum atomic E-state index is -1.05. The molecule has 0 amide bonds.